The van der Waals surface area contributed by atoms with Gasteiger partial charge in [0.2, 0.25) is 0 Å². The average molecular weight is 213 g/mol. The second-order valence-corrected chi connectivity index (χ2v) is 5.02. The molecular weight excluding hydrogens is 194 g/mol. The van der Waals surface area contributed by atoms with Gasteiger partial charge in [-0.05, 0) is 49.8 Å². The minimum atomic E-state index is 0.747. The predicted molar refractivity (Wildman–Crippen MR) is 68.1 cm³/mol. The highest BCUT2D eigenvalue weighted by atomic mass is 15.2. The van der Waals surface area contributed by atoms with Crippen molar-refractivity contribution in [3.63, 3.8) is 0 Å². The van der Waals surface area contributed by atoms with Crippen LogP contribution in [0, 0.1) is 0 Å². The lowest BCUT2D eigenvalue weighted by Crippen LogP contribution is -2.27. The molecule has 3 rings (SSSR count). The van der Waals surface area contributed by atoms with Gasteiger partial charge in [0.05, 0.1) is 0 Å². The molecule has 0 bridgehead atoms. The van der Waals surface area contributed by atoms with E-state index in [2.05, 4.69) is 42.2 Å². The van der Waals surface area contributed by atoms with Crippen LogP contribution in [0.25, 0.3) is 6.08 Å². The molecule has 16 heavy (non-hydrogen) atoms. The number of hydrogen-bond donors (Lipinski definition) is 0. The Balaban J connectivity index is 1.91. The standard InChI is InChI=1S/C15H19N/c1-12-5-4-10-16(12)15-9-8-13-6-2-3-7-14(13)11-15/h2-3,6-7,11-12H,4-5,8-10H2,1H3/t12-/m1/s1. The first-order valence-electron chi connectivity index (χ1n) is 6.40. The fraction of sp³-hybridized carbons (Fsp3) is 0.467. The van der Waals surface area contributed by atoms with E-state index >= 15 is 0 Å². The maximum absolute atomic E-state index is 2.61. The number of fused-ring (bicyclic) bond motifs is 1. The van der Waals surface area contributed by atoms with E-state index in [0.29, 0.717) is 0 Å². The van der Waals surface area contributed by atoms with Crippen LogP contribution in [-0.2, 0) is 6.42 Å². The van der Waals surface area contributed by atoms with Crippen LogP contribution < -0.4 is 0 Å². The summed E-state index contributed by atoms with van der Waals surface area (Å²) in [4.78, 5) is 2.61. The Morgan fingerprint density at radius 2 is 2.06 bits per heavy atom. The molecule has 1 aliphatic carbocycles. The van der Waals surface area contributed by atoms with Crippen molar-refractivity contribution < 1.29 is 0 Å². The van der Waals surface area contributed by atoms with Gasteiger partial charge >= 0.3 is 0 Å². The van der Waals surface area contributed by atoms with Crippen LogP contribution in [0.4, 0.5) is 0 Å². The summed E-state index contributed by atoms with van der Waals surface area (Å²) in [5.74, 6) is 0. The number of hydrogen-bond acceptors (Lipinski definition) is 1. The molecule has 1 heteroatoms. The molecule has 0 radical (unpaired) electrons. The Morgan fingerprint density at radius 3 is 2.88 bits per heavy atom. The third-order valence-electron chi connectivity index (χ3n) is 3.95. The molecule has 0 saturated carbocycles. The van der Waals surface area contributed by atoms with Crippen LogP contribution in [0.5, 0.6) is 0 Å². The topological polar surface area (TPSA) is 3.24 Å². The van der Waals surface area contributed by atoms with Gasteiger partial charge in [0.15, 0.2) is 0 Å². The highest BCUT2D eigenvalue weighted by molar-refractivity contribution is 5.59. The Hall–Kier alpha value is -1.24. The maximum atomic E-state index is 2.61. The summed E-state index contributed by atoms with van der Waals surface area (Å²) in [6.07, 6.45) is 7.56. The first-order chi connectivity index (χ1) is 7.84. The SMILES string of the molecule is C[C@@H]1CCCN1C1=Cc2ccccc2CC1. The highest BCUT2D eigenvalue weighted by Gasteiger charge is 2.23. The van der Waals surface area contributed by atoms with Gasteiger partial charge in [-0.3, -0.25) is 0 Å². The lowest BCUT2D eigenvalue weighted by molar-refractivity contribution is 0.330. The minimum Gasteiger partial charge on any atom is -0.372 e. The summed E-state index contributed by atoms with van der Waals surface area (Å²) in [7, 11) is 0. The van der Waals surface area contributed by atoms with Gasteiger partial charge in [-0.15, -0.1) is 0 Å². The average Bonchev–Trinajstić information content (AvgIpc) is 2.75. The van der Waals surface area contributed by atoms with E-state index < -0.39 is 0 Å². The highest BCUT2D eigenvalue weighted by Crippen LogP contribution is 2.30. The largest absolute Gasteiger partial charge is 0.372 e. The smallest absolute Gasteiger partial charge is 0.0259 e. The van der Waals surface area contributed by atoms with Crippen molar-refractivity contribution in [1.29, 1.82) is 0 Å². The summed E-state index contributed by atoms with van der Waals surface area (Å²) >= 11 is 0. The lowest BCUT2D eigenvalue weighted by atomic mass is 9.95. The Morgan fingerprint density at radius 1 is 1.19 bits per heavy atom. The first-order valence-corrected chi connectivity index (χ1v) is 6.40. The molecule has 84 valence electrons. The van der Waals surface area contributed by atoms with E-state index in [4.69, 9.17) is 0 Å². The molecule has 1 saturated heterocycles. The predicted octanol–water partition coefficient (Wildman–Crippen LogP) is 3.46. The van der Waals surface area contributed by atoms with Crippen LogP contribution in [0.3, 0.4) is 0 Å². The fourth-order valence-electron chi connectivity index (χ4n) is 3.00. The number of aryl methyl sites for hydroxylation is 1. The molecular formula is C15H19N. The van der Waals surface area contributed by atoms with Crippen molar-refractivity contribution in [2.45, 2.75) is 38.6 Å². The Kier molecular flexibility index (Phi) is 2.47. The van der Waals surface area contributed by atoms with Crippen molar-refractivity contribution in [3.05, 3.63) is 41.1 Å². The molecule has 2 aliphatic rings. The van der Waals surface area contributed by atoms with Crippen molar-refractivity contribution in [1.82, 2.24) is 4.90 Å². The van der Waals surface area contributed by atoms with E-state index in [1.807, 2.05) is 0 Å². The second kappa shape index (κ2) is 3.97. The normalized spacial score (nSPS) is 24.2. The van der Waals surface area contributed by atoms with E-state index in [1.165, 1.54) is 43.4 Å². The van der Waals surface area contributed by atoms with Crippen LogP contribution in [-0.4, -0.2) is 17.5 Å². The van der Waals surface area contributed by atoms with Gasteiger partial charge in [-0.25, -0.2) is 0 Å². The monoisotopic (exact) mass is 213 g/mol. The van der Waals surface area contributed by atoms with Crippen LogP contribution in [0.1, 0.15) is 37.3 Å². The summed E-state index contributed by atoms with van der Waals surface area (Å²) in [5.41, 5.74) is 4.50. The summed E-state index contributed by atoms with van der Waals surface area (Å²) in [6, 6.07) is 9.55. The van der Waals surface area contributed by atoms with Gasteiger partial charge in [-0.2, -0.15) is 0 Å². The molecule has 1 aromatic carbocycles. The van der Waals surface area contributed by atoms with Crippen molar-refractivity contribution in [2.24, 2.45) is 0 Å². The molecule has 0 unspecified atom stereocenters. The zero-order valence-electron chi connectivity index (χ0n) is 9.95. The molecule has 0 spiro atoms. The fourth-order valence-corrected chi connectivity index (χ4v) is 3.00. The molecule has 0 N–H and O–H groups in total. The van der Waals surface area contributed by atoms with Crippen molar-refractivity contribution in [3.8, 4) is 0 Å². The summed E-state index contributed by atoms with van der Waals surface area (Å²) in [6.45, 7) is 3.61. The van der Waals surface area contributed by atoms with Gasteiger partial charge in [-0.1, -0.05) is 24.3 Å². The Labute approximate surface area is 97.8 Å². The molecule has 1 atom stereocenters. The van der Waals surface area contributed by atoms with Crippen molar-refractivity contribution >= 4 is 6.08 Å². The van der Waals surface area contributed by atoms with Crippen molar-refractivity contribution in [2.75, 3.05) is 6.54 Å². The molecule has 1 aromatic rings. The zero-order valence-corrected chi connectivity index (χ0v) is 9.95. The van der Waals surface area contributed by atoms with Crippen LogP contribution in [0.15, 0.2) is 30.0 Å². The number of nitrogens with zero attached hydrogens (tertiary/aromatic N) is 1. The Bertz CT molecular complexity index is 419. The molecule has 0 aromatic heterocycles. The minimum absolute atomic E-state index is 0.747. The second-order valence-electron chi connectivity index (χ2n) is 5.02. The van der Waals surface area contributed by atoms with Gasteiger partial charge in [0, 0.05) is 18.3 Å². The molecule has 1 fully saturated rings. The third-order valence-corrected chi connectivity index (χ3v) is 3.95. The van der Waals surface area contributed by atoms with E-state index in [0.717, 1.165) is 6.04 Å². The van der Waals surface area contributed by atoms with E-state index in [-0.39, 0.29) is 0 Å². The zero-order chi connectivity index (χ0) is 11.0. The summed E-state index contributed by atoms with van der Waals surface area (Å²) < 4.78 is 0. The van der Waals surface area contributed by atoms with E-state index in [1.54, 1.807) is 5.70 Å². The maximum Gasteiger partial charge on any atom is 0.0259 e. The molecule has 1 heterocycles. The molecule has 0 amide bonds. The molecule has 1 nitrogen and oxygen atoms in total. The first kappa shape index (κ1) is 9.95. The third kappa shape index (κ3) is 1.64. The van der Waals surface area contributed by atoms with Crippen LogP contribution in [0.2, 0.25) is 0 Å². The summed E-state index contributed by atoms with van der Waals surface area (Å²) in [5, 5.41) is 0. The lowest BCUT2D eigenvalue weighted by Gasteiger charge is -2.29. The quantitative estimate of drug-likeness (QED) is 0.690. The number of benzene rings is 1. The van der Waals surface area contributed by atoms with Crippen LogP contribution >= 0.6 is 0 Å². The van der Waals surface area contributed by atoms with Gasteiger partial charge in [0.25, 0.3) is 0 Å². The number of likely N-dealkylation sites (tertiary alicyclic amines) is 1. The van der Waals surface area contributed by atoms with E-state index in [9.17, 15) is 0 Å². The number of rotatable bonds is 1. The van der Waals surface area contributed by atoms with Gasteiger partial charge in [0.1, 0.15) is 0 Å². The van der Waals surface area contributed by atoms with Gasteiger partial charge < -0.3 is 4.90 Å². The molecule has 1 aliphatic heterocycles. The number of allylic oxidation sites excluding steroid dienone is 1.